The molecular weight excluding hydrogens is 284 g/mol. The van der Waals surface area contributed by atoms with E-state index in [9.17, 15) is 0 Å². The van der Waals surface area contributed by atoms with Crippen molar-refractivity contribution in [3.63, 3.8) is 0 Å². The Morgan fingerprint density at radius 3 is 2.71 bits per heavy atom. The van der Waals surface area contributed by atoms with Crippen LogP contribution in [0.1, 0.15) is 51.9 Å². The van der Waals surface area contributed by atoms with Gasteiger partial charge in [-0.3, -0.25) is 0 Å². The Morgan fingerprint density at radius 2 is 1.95 bits per heavy atom. The van der Waals surface area contributed by atoms with Crippen molar-refractivity contribution in [2.24, 2.45) is 17.8 Å². The molecule has 2 saturated carbocycles. The van der Waals surface area contributed by atoms with Crippen LogP contribution >= 0.6 is 12.4 Å². The van der Waals surface area contributed by atoms with Crippen LogP contribution in [0.5, 0.6) is 0 Å². The van der Waals surface area contributed by atoms with Gasteiger partial charge in [0, 0.05) is 18.6 Å². The standard InChI is InChI=1S/C17H32N2O.ClH/c1-13-5-2-3-6-14(13)11-19-16-8-4-7-15(16)17-12-20-10-9-18-17;/h13-19H,2-12H2,1H3;1H. The lowest BCUT2D eigenvalue weighted by Crippen LogP contribution is -2.51. The van der Waals surface area contributed by atoms with Crippen LogP contribution in [0.2, 0.25) is 0 Å². The second-order valence-corrected chi connectivity index (χ2v) is 7.27. The Hall–Kier alpha value is 0.170. The fraction of sp³-hybridized carbons (Fsp3) is 1.00. The van der Waals surface area contributed by atoms with Crippen molar-refractivity contribution in [3.8, 4) is 0 Å². The highest BCUT2D eigenvalue weighted by molar-refractivity contribution is 5.85. The summed E-state index contributed by atoms with van der Waals surface area (Å²) in [6.07, 6.45) is 9.91. The van der Waals surface area contributed by atoms with Crippen molar-refractivity contribution in [2.45, 2.75) is 64.0 Å². The van der Waals surface area contributed by atoms with Crippen LogP contribution in [0.3, 0.4) is 0 Å². The normalized spacial score (nSPS) is 40.7. The number of halogens is 1. The summed E-state index contributed by atoms with van der Waals surface area (Å²) in [6.45, 7) is 6.54. The van der Waals surface area contributed by atoms with Crippen LogP contribution in [-0.4, -0.2) is 38.4 Å². The predicted octanol–water partition coefficient (Wildman–Crippen LogP) is 2.98. The van der Waals surface area contributed by atoms with Crippen molar-refractivity contribution in [3.05, 3.63) is 0 Å². The SMILES string of the molecule is CC1CCCCC1CNC1CCCC1C1COCCN1.Cl. The molecule has 5 unspecified atom stereocenters. The van der Waals surface area contributed by atoms with E-state index in [1.54, 1.807) is 0 Å². The quantitative estimate of drug-likeness (QED) is 0.836. The molecule has 2 N–H and O–H groups in total. The molecule has 0 aromatic heterocycles. The first-order chi connectivity index (χ1) is 9.84. The van der Waals surface area contributed by atoms with Gasteiger partial charge in [-0.25, -0.2) is 0 Å². The van der Waals surface area contributed by atoms with Gasteiger partial charge in [-0.05, 0) is 43.6 Å². The minimum Gasteiger partial charge on any atom is -0.379 e. The van der Waals surface area contributed by atoms with E-state index in [1.165, 1.54) is 51.5 Å². The summed E-state index contributed by atoms with van der Waals surface area (Å²) in [5.41, 5.74) is 0. The third kappa shape index (κ3) is 4.57. The van der Waals surface area contributed by atoms with Crippen molar-refractivity contribution in [1.29, 1.82) is 0 Å². The highest BCUT2D eigenvalue weighted by Gasteiger charge is 2.35. The van der Waals surface area contributed by atoms with Crippen LogP contribution < -0.4 is 10.6 Å². The second-order valence-electron chi connectivity index (χ2n) is 7.27. The molecule has 0 aromatic carbocycles. The summed E-state index contributed by atoms with van der Waals surface area (Å²) in [4.78, 5) is 0. The summed E-state index contributed by atoms with van der Waals surface area (Å²) < 4.78 is 5.66. The minimum absolute atomic E-state index is 0. The van der Waals surface area contributed by atoms with Gasteiger partial charge in [0.2, 0.25) is 0 Å². The Balaban J connectivity index is 0.00000161. The summed E-state index contributed by atoms with van der Waals surface area (Å²) >= 11 is 0. The van der Waals surface area contributed by atoms with Crippen LogP contribution in [0.4, 0.5) is 0 Å². The molecule has 0 aromatic rings. The molecule has 1 heterocycles. The fourth-order valence-corrected chi connectivity index (χ4v) is 4.58. The van der Waals surface area contributed by atoms with E-state index >= 15 is 0 Å². The highest BCUT2D eigenvalue weighted by Crippen LogP contribution is 2.32. The number of ether oxygens (including phenoxy) is 1. The maximum absolute atomic E-state index is 5.66. The molecule has 1 aliphatic heterocycles. The average molecular weight is 317 g/mol. The number of nitrogens with one attached hydrogen (secondary N) is 2. The van der Waals surface area contributed by atoms with E-state index in [4.69, 9.17) is 4.74 Å². The fourth-order valence-electron chi connectivity index (χ4n) is 4.58. The van der Waals surface area contributed by atoms with Gasteiger partial charge in [0.25, 0.3) is 0 Å². The third-order valence-electron chi connectivity index (χ3n) is 5.97. The van der Waals surface area contributed by atoms with Crippen LogP contribution in [0.25, 0.3) is 0 Å². The molecule has 4 heteroatoms. The Morgan fingerprint density at radius 1 is 1.10 bits per heavy atom. The molecular formula is C17H33ClN2O. The van der Waals surface area contributed by atoms with E-state index in [2.05, 4.69) is 17.6 Å². The highest BCUT2D eigenvalue weighted by atomic mass is 35.5. The molecule has 5 atom stereocenters. The monoisotopic (exact) mass is 316 g/mol. The van der Waals surface area contributed by atoms with Gasteiger partial charge in [0.05, 0.1) is 13.2 Å². The molecule has 1 saturated heterocycles. The summed E-state index contributed by atoms with van der Waals surface area (Å²) in [5, 5.41) is 7.61. The van der Waals surface area contributed by atoms with Crippen molar-refractivity contribution < 1.29 is 4.74 Å². The molecule has 21 heavy (non-hydrogen) atoms. The molecule has 0 radical (unpaired) electrons. The summed E-state index contributed by atoms with van der Waals surface area (Å²) in [7, 11) is 0. The number of hydrogen-bond donors (Lipinski definition) is 2. The molecule has 0 bridgehead atoms. The molecule has 2 aliphatic carbocycles. The van der Waals surface area contributed by atoms with Gasteiger partial charge < -0.3 is 15.4 Å². The maximum Gasteiger partial charge on any atom is 0.0623 e. The summed E-state index contributed by atoms with van der Waals surface area (Å²) in [6, 6.07) is 1.32. The molecule has 0 spiro atoms. The summed E-state index contributed by atoms with van der Waals surface area (Å²) in [5.74, 6) is 2.63. The number of hydrogen-bond acceptors (Lipinski definition) is 3. The first-order valence-corrected chi connectivity index (χ1v) is 8.89. The van der Waals surface area contributed by atoms with E-state index < -0.39 is 0 Å². The van der Waals surface area contributed by atoms with Crippen molar-refractivity contribution >= 4 is 12.4 Å². The van der Waals surface area contributed by atoms with Crippen LogP contribution in [0, 0.1) is 17.8 Å². The minimum atomic E-state index is 0. The Labute approximate surface area is 136 Å². The van der Waals surface area contributed by atoms with Crippen molar-refractivity contribution in [2.75, 3.05) is 26.3 Å². The Bertz CT molecular complexity index is 297. The third-order valence-corrected chi connectivity index (χ3v) is 5.97. The second kappa shape index (κ2) is 8.71. The first-order valence-electron chi connectivity index (χ1n) is 8.89. The number of morpholine rings is 1. The van der Waals surface area contributed by atoms with Crippen molar-refractivity contribution in [1.82, 2.24) is 10.6 Å². The Kier molecular flexibility index (Phi) is 7.27. The zero-order valence-electron chi connectivity index (χ0n) is 13.5. The van der Waals surface area contributed by atoms with Crippen LogP contribution in [0.15, 0.2) is 0 Å². The average Bonchev–Trinajstić information content (AvgIpc) is 2.96. The lowest BCUT2D eigenvalue weighted by Gasteiger charge is -2.35. The zero-order valence-corrected chi connectivity index (χ0v) is 14.3. The molecule has 3 nitrogen and oxygen atoms in total. The largest absolute Gasteiger partial charge is 0.379 e. The zero-order chi connectivity index (χ0) is 13.8. The van der Waals surface area contributed by atoms with E-state index in [0.717, 1.165) is 43.6 Å². The maximum atomic E-state index is 5.66. The molecule has 3 fully saturated rings. The van der Waals surface area contributed by atoms with Gasteiger partial charge in [-0.1, -0.05) is 32.6 Å². The van der Waals surface area contributed by atoms with E-state index in [1.807, 2.05) is 0 Å². The molecule has 3 rings (SSSR count). The van der Waals surface area contributed by atoms with Gasteiger partial charge in [0.1, 0.15) is 0 Å². The molecule has 124 valence electrons. The van der Waals surface area contributed by atoms with Gasteiger partial charge >= 0.3 is 0 Å². The molecule has 0 amide bonds. The molecule has 3 aliphatic rings. The van der Waals surface area contributed by atoms with E-state index in [0.29, 0.717) is 6.04 Å². The lowest BCUT2D eigenvalue weighted by molar-refractivity contribution is 0.0518. The topological polar surface area (TPSA) is 33.3 Å². The van der Waals surface area contributed by atoms with Crippen LogP contribution in [-0.2, 0) is 4.74 Å². The number of rotatable bonds is 4. The lowest BCUT2D eigenvalue weighted by atomic mass is 9.80. The predicted molar refractivity (Wildman–Crippen MR) is 90.1 cm³/mol. The first kappa shape index (κ1) is 17.5. The van der Waals surface area contributed by atoms with Gasteiger partial charge in [-0.2, -0.15) is 0 Å². The van der Waals surface area contributed by atoms with Gasteiger partial charge in [-0.15, -0.1) is 12.4 Å². The van der Waals surface area contributed by atoms with E-state index in [-0.39, 0.29) is 12.4 Å². The van der Waals surface area contributed by atoms with Gasteiger partial charge in [0.15, 0.2) is 0 Å². The smallest absolute Gasteiger partial charge is 0.0623 e.